The smallest absolute Gasteiger partial charge is 0.337 e. The minimum atomic E-state index is -0.381. The number of imidazole rings is 1. The molecule has 2 heterocycles. The molecule has 0 saturated carbocycles. The first-order valence-electron chi connectivity index (χ1n) is 9.47. The molecule has 0 bridgehead atoms. The van der Waals surface area contributed by atoms with Crippen LogP contribution in [-0.2, 0) is 11.3 Å². The summed E-state index contributed by atoms with van der Waals surface area (Å²) in [6, 6.07) is 12.8. The topological polar surface area (TPSA) is 99.9 Å². The van der Waals surface area contributed by atoms with Gasteiger partial charge in [-0.2, -0.15) is 5.10 Å². The van der Waals surface area contributed by atoms with Gasteiger partial charge in [-0.05, 0) is 29.8 Å². The van der Waals surface area contributed by atoms with E-state index in [9.17, 15) is 4.79 Å². The van der Waals surface area contributed by atoms with Gasteiger partial charge in [0, 0.05) is 12.1 Å². The minimum Gasteiger partial charge on any atom is -0.493 e. The van der Waals surface area contributed by atoms with Gasteiger partial charge in [0.2, 0.25) is 0 Å². The van der Waals surface area contributed by atoms with E-state index in [-0.39, 0.29) is 5.97 Å². The van der Waals surface area contributed by atoms with Gasteiger partial charge in [0.15, 0.2) is 23.0 Å². The van der Waals surface area contributed by atoms with Gasteiger partial charge in [-0.25, -0.2) is 19.3 Å². The number of aromatic nitrogens is 4. The number of methoxy groups -OCH3 is 3. The molecule has 158 valence electrons. The lowest BCUT2D eigenvalue weighted by Crippen LogP contribution is -2.06. The number of ether oxygens (including phenoxy) is 3. The van der Waals surface area contributed by atoms with E-state index in [4.69, 9.17) is 14.2 Å². The first kappa shape index (κ1) is 20.1. The van der Waals surface area contributed by atoms with E-state index >= 15 is 0 Å². The van der Waals surface area contributed by atoms with Gasteiger partial charge in [-0.1, -0.05) is 18.2 Å². The van der Waals surface area contributed by atoms with Crippen LogP contribution in [0.3, 0.4) is 0 Å². The molecule has 0 aliphatic carbocycles. The first-order valence-corrected chi connectivity index (χ1v) is 9.47. The van der Waals surface area contributed by atoms with Crippen molar-refractivity contribution < 1.29 is 19.0 Å². The van der Waals surface area contributed by atoms with Crippen molar-refractivity contribution in [2.45, 2.75) is 6.54 Å². The Morgan fingerprint density at radius 1 is 1.00 bits per heavy atom. The highest BCUT2D eigenvalue weighted by Gasteiger charge is 2.13. The highest BCUT2D eigenvalue weighted by Crippen LogP contribution is 2.28. The van der Waals surface area contributed by atoms with Crippen LogP contribution >= 0.6 is 0 Å². The Morgan fingerprint density at radius 3 is 2.48 bits per heavy atom. The molecule has 31 heavy (non-hydrogen) atoms. The van der Waals surface area contributed by atoms with E-state index in [1.807, 2.05) is 30.3 Å². The van der Waals surface area contributed by atoms with Gasteiger partial charge in [-0.3, -0.25) is 0 Å². The summed E-state index contributed by atoms with van der Waals surface area (Å²) in [5, 5.41) is 7.63. The second-order valence-corrected chi connectivity index (χ2v) is 6.60. The molecule has 4 aromatic rings. The maximum absolute atomic E-state index is 11.6. The van der Waals surface area contributed by atoms with Gasteiger partial charge in [0.05, 0.1) is 38.8 Å². The third-order valence-electron chi connectivity index (χ3n) is 4.81. The second kappa shape index (κ2) is 8.70. The van der Waals surface area contributed by atoms with Crippen LogP contribution in [0.5, 0.6) is 11.5 Å². The van der Waals surface area contributed by atoms with E-state index < -0.39 is 0 Å². The molecule has 0 unspecified atom stereocenters. The number of nitrogens with zero attached hydrogens (tertiary/aromatic N) is 4. The quantitative estimate of drug-likeness (QED) is 0.456. The molecule has 0 fully saturated rings. The van der Waals surface area contributed by atoms with Crippen LogP contribution in [0.2, 0.25) is 0 Å². The number of fused-ring (bicyclic) bond motifs is 1. The number of nitrogens with one attached hydrogen (secondary N) is 1. The van der Waals surface area contributed by atoms with Crippen LogP contribution in [0.1, 0.15) is 15.9 Å². The average molecular weight is 419 g/mol. The summed E-state index contributed by atoms with van der Waals surface area (Å²) in [6.07, 6.45) is 3.19. The van der Waals surface area contributed by atoms with Crippen molar-refractivity contribution in [1.29, 1.82) is 0 Å². The molecule has 4 rings (SSSR count). The number of esters is 1. The molecule has 0 atom stereocenters. The zero-order valence-electron chi connectivity index (χ0n) is 17.3. The van der Waals surface area contributed by atoms with E-state index in [0.717, 1.165) is 16.8 Å². The van der Waals surface area contributed by atoms with Crippen molar-refractivity contribution in [3.05, 3.63) is 66.1 Å². The average Bonchev–Trinajstić information content (AvgIpc) is 3.27. The van der Waals surface area contributed by atoms with Crippen LogP contribution in [0.4, 0.5) is 5.82 Å². The first-order chi connectivity index (χ1) is 15.1. The van der Waals surface area contributed by atoms with Crippen molar-refractivity contribution in [1.82, 2.24) is 19.6 Å². The van der Waals surface area contributed by atoms with E-state index in [1.165, 1.54) is 13.4 Å². The fourth-order valence-corrected chi connectivity index (χ4v) is 3.21. The number of hydrogen-bond donors (Lipinski definition) is 1. The number of rotatable bonds is 7. The van der Waals surface area contributed by atoms with Gasteiger partial charge in [0.25, 0.3) is 0 Å². The molecule has 0 saturated heterocycles. The summed E-state index contributed by atoms with van der Waals surface area (Å²) >= 11 is 0. The molecule has 1 N–H and O–H groups in total. The van der Waals surface area contributed by atoms with Crippen molar-refractivity contribution >= 4 is 17.4 Å². The number of hydrogen-bond acceptors (Lipinski definition) is 8. The summed E-state index contributed by atoms with van der Waals surface area (Å²) in [5.41, 5.74) is 3.72. The maximum atomic E-state index is 11.6. The second-order valence-electron chi connectivity index (χ2n) is 6.60. The van der Waals surface area contributed by atoms with E-state index in [1.54, 1.807) is 37.1 Å². The lowest BCUT2D eigenvalue weighted by molar-refractivity contribution is 0.0600. The Labute approximate surface area is 178 Å². The molecule has 0 radical (unpaired) electrons. The van der Waals surface area contributed by atoms with Crippen LogP contribution in [0.15, 0.2) is 55.0 Å². The minimum absolute atomic E-state index is 0.381. The van der Waals surface area contributed by atoms with Gasteiger partial charge in [-0.15, -0.1) is 0 Å². The Bertz CT molecular complexity index is 1220. The highest BCUT2D eigenvalue weighted by molar-refractivity contribution is 5.90. The Kier molecular flexibility index (Phi) is 5.65. The van der Waals surface area contributed by atoms with Crippen LogP contribution < -0.4 is 14.8 Å². The predicted molar refractivity (Wildman–Crippen MR) is 114 cm³/mol. The standard InChI is InChI=1S/C22H21N5O4/c1-29-18-9-4-14(10-19(18)30-2)11-23-20-21-24-12-17(27(21)26-13-25-20)15-5-7-16(8-6-15)22(28)31-3/h4-10,12-13H,11H2,1-3H3,(H,23,25,26). The van der Waals surface area contributed by atoms with E-state index in [0.29, 0.717) is 35.1 Å². The summed E-state index contributed by atoms with van der Waals surface area (Å²) < 4.78 is 17.1. The zero-order chi connectivity index (χ0) is 21.8. The number of anilines is 1. The van der Waals surface area contributed by atoms with Gasteiger partial charge < -0.3 is 19.5 Å². The Hall–Kier alpha value is -4.14. The molecule has 9 heteroatoms. The fraction of sp³-hybridized carbons (Fsp3) is 0.182. The molecule has 2 aromatic carbocycles. The van der Waals surface area contributed by atoms with Crippen LogP contribution in [0.25, 0.3) is 16.9 Å². The molecule has 0 aliphatic heterocycles. The summed E-state index contributed by atoms with van der Waals surface area (Å²) in [5.74, 6) is 1.55. The normalized spacial score (nSPS) is 10.7. The van der Waals surface area contributed by atoms with Crippen molar-refractivity contribution in [3.63, 3.8) is 0 Å². The highest BCUT2D eigenvalue weighted by atomic mass is 16.5. The van der Waals surface area contributed by atoms with Crippen LogP contribution in [-0.4, -0.2) is 46.9 Å². The molecule has 0 aliphatic rings. The summed E-state index contributed by atoms with van der Waals surface area (Å²) in [6.45, 7) is 0.517. The number of carbonyl (C=O) groups is 1. The SMILES string of the molecule is COC(=O)c1ccc(-c2cnc3c(NCc4ccc(OC)c(OC)c4)ncnn23)cc1. The maximum Gasteiger partial charge on any atom is 0.337 e. The monoisotopic (exact) mass is 419 g/mol. The summed E-state index contributed by atoms with van der Waals surface area (Å²) in [7, 11) is 4.56. The van der Waals surface area contributed by atoms with Gasteiger partial charge in [0.1, 0.15) is 6.33 Å². The zero-order valence-corrected chi connectivity index (χ0v) is 17.3. The largest absolute Gasteiger partial charge is 0.493 e. The predicted octanol–water partition coefficient (Wildman–Crippen LogP) is 3.21. The third kappa shape index (κ3) is 3.97. The molecule has 0 spiro atoms. The van der Waals surface area contributed by atoms with E-state index in [2.05, 4.69) is 20.4 Å². The lowest BCUT2D eigenvalue weighted by atomic mass is 10.1. The fourth-order valence-electron chi connectivity index (χ4n) is 3.21. The summed E-state index contributed by atoms with van der Waals surface area (Å²) in [4.78, 5) is 20.5. The number of benzene rings is 2. The Morgan fingerprint density at radius 2 is 1.77 bits per heavy atom. The van der Waals surface area contributed by atoms with Crippen molar-refractivity contribution in [3.8, 4) is 22.8 Å². The van der Waals surface area contributed by atoms with Crippen LogP contribution in [0, 0.1) is 0 Å². The van der Waals surface area contributed by atoms with Crippen molar-refractivity contribution in [2.75, 3.05) is 26.6 Å². The lowest BCUT2D eigenvalue weighted by Gasteiger charge is -2.11. The molecule has 9 nitrogen and oxygen atoms in total. The third-order valence-corrected chi connectivity index (χ3v) is 4.81. The molecule has 2 aromatic heterocycles. The number of carbonyl (C=O) groups excluding carboxylic acids is 1. The molecular weight excluding hydrogens is 398 g/mol. The molecule has 0 amide bonds. The van der Waals surface area contributed by atoms with Crippen molar-refractivity contribution in [2.24, 2.45) is 0 Å². The molecular formula is C22H21N5O4. The van der Waals surface area contributed by atoms with Gasteiger partial charge >= 0.3 is 5.97 Å². The Balaban J connectivity index is 1.58.